The molecular weight excluding hydrogens is 218 g/mol. The lowest BCUT2D eigenvalue weighted by atomic mass is 10.4. The summed E-state index contributed by atoms with van der Waals surface area (Å²) in [5.74, 6) is 0.540. The molecule has 6 nitrogen and oxygen atoms in total. The second kappa shape index (κ2) is 4.30. The first-order valence-electron chi connectivity index (χ1n) is 4.50. The predicted molar refractivity (Wildman–Crippen MR) is 54.8 cm³/mol. The van der Waals surface area contributed by atoms with Crippen LogP contribution in [0.4, 0.5) is 0 Å². The van der Waals surface area contributed by atoms with E-state index in [2.05, 4.69) is 9.97 Å². The SMILES string of the molecule is Cc1ncc(S(=O)(=O)N(C)C(C)CO)[nH]1. The number of likely N-dealkylation sites (N-methyl/N-ethyl adjacent to an activating group) is 1. The van der Waals surface area contributed by atoms with Crippen molar-refractivity contribution in [2.75, 3.05) is 13.7 Å². The largest absolute Gasteiger partial charge is 0.395 e. The summed E-state index contributed by atoms with van der Waals surface area (Å²) < 4.78 is 24.9. The van der Waals surface area contributed by atoms with Crippen molar-refractivity contribution in [3.63, 3.8) is 0 Å². The number of aromatic nitrogens is 2. The summed E-state index contributed by atoms with van der Waals surface area (Å²) in [6, 6.07) is -0.460. The minimum atomic E-state index is -3.57. The molecule has 0 saturated carbocycles. The number of aromatic amines is 1. The molecule has 1 unspecified atom stereocenters. The average Bonchev–Trinajstić information content (AvgIpc) is 2.63. The highest BCUT2D eigenvalue weighted by molar-refractivity contribution is 7.89. The van der Waals surface area contributed by atoms with Gasteiger partial charge in [0.1, 0.15) is 5.82 Å². The van der Waals surface area contributed by atoms with E-state index in [1.165, 1.54) is 13.2 Å². The molecule has 0 spiro atoms. The highest BCUT2D eigenvalue weighted by atomic mass is 32.2. The van der Waals surface area contributed by atoms with Crippen LogP contribution in [0.25, 0.3) is 0 Å². The monoisotopic (exact) mass is 233 g/mol. The fourth-order valence-electron chi connectivity index (χ4n) is 1.04. The van der Waals surface area contributed by atoms with Gasteiger partial charge in [0.05, 0.1) is 12.8 Å². The quantitative estimate of drug-likeness (QED) is 0.749. The fraction of sp³-hybridized carbons (Fsp3) is 0.625. The Morgan fingerprint density at radius 2 is 2.27 bits per heavy atom. The molecule has 0 aromatic carbocycles. The molecule has 0 saturated heterocycles. The fourth-order valence-corrected chi connectivity index (χ4v) is 2.35. The van der Waals surface area contributed by atoms with Gasteiger partial charge in [-0.05, 0) is 13.8 Å². The third-order valence-electron chi connectivity index (χ3n) is 2.22. The Morgan fingerprint density at radius 3 is 2.67 bits per heavy atom. The van der Waals surface area contributed by atoms with Gasteiger partial charge in [-0.1, -0.05) is 0 Å². The van der Waals surface area contributed by atoms with Gasteiger partial charge in [-0.25, -0.2) is 13.4 Å². The topological polar surface area (TPSA) is 86.3 Å². The van der Waals surface area contributed by atoms with E-state index >= 15 is 0 Å². The van der Waals surface area contributed by atoms with Crippen molar-refractivity contribution in [1.29, 1.82) is 0 Å². The van der Waals surface area contributed by atoms with E-state index < -0.39 is 16.1 Å². The number of aliphatic hydroxyl groups is 1. The van der Waals surface area contributed by atoms with E-state index in [1.54, 1.807) is 13.8 Å². The molecule has 0 aliphatic rings. The molecule has 1 atom stereocenters. The van der Waals surface area contributed by atoms with Crippen LogP contribution >= 0.6 is 0 Å². The first-order valence-corrected chi connectivity index (χ1v) is 5.94. The Kier molecular flexibility index (Phi) is 3.48. The number of hydrogen-bond acceptors (Lipinski definition) is 4. The molecule has 15 heavy (non-hydrogen) atoms. The molecule has 0 radical (unpaired) electrons. The van der Waals surface area contributed by atoms with Crippen molar-refractivity contribution in [1.82, 2.24) is 14.3 Å². The van der Waals surface area contributed by atoms with Crippen LogP contribution in [0.3, 0.4) is 0 Å². The van der Waals surface area contributed by atoms with Crippen LogP contribution in [0.1, 0.15) is 12.7 Å². The Morgan fingerprint density at radius 1 is 1.67 bits per heavy atom. The van der Waals surface area contributed by atoms with Crippen molar-refractivity contribution in [3.8, 4) is 0 Å². The molecule has 86 valence electrons. The zero-order valence-electron chi connectivity index (χ0n) is 8.93. The lowest BCUT2D eigenvalue weighted by Crippen LogP contribution is -2.37. The molecule has 2 N–H and O–H groups in total. The standard InChI is InChI=1S/C8H15N3O3S/c1-6(5-12)11(3)15(13,14)8-4-9-7(2)10-8/h4,6,12H,5H2,1-3H3,(H,9,10). The summed E-state index contributed by atoms with van der Waals surface area (Å²) in [6.07, 6.45) is 1.27. The van der Waals surface area contributed by atoms with Crippen LogP contribution in [0.5, 0.6) is 0 Å². The number of sulfonamides is 1. The zero-order valence-corrected chi connectivity index (χ0v) is 9.74. The molecule has 0 aliphatic carbocycles. The van der Waals surface area contributed by atoms with Crippen molar-refractivity contribution < 1.29 is 13.5 Å². The number of nitrogens with one attached hydrogen (secondary N) is 1. The third-order valence-corrected chi connectivity index (χ3v) is 4.10. The Bertz CT molecular complexity index is 426. The van der Waals surface area contributed by atoms with Crippen molar-refractivity contribution >= 4 is 10.0 Å². The summed E-state index contributed by atoms with van der Waals surface area (Å²) in [5.41, 5.74) is 0. The third kappa shape index (κ3) is 2.36. The van der Waals surface area contributed by atoms with E-state index in [1.807, 2.05) is 0 Å². The maximum atomic E-state index is 11.9. The highest BCUT2D eigenvalue weighted by Crippen LogP contribution is 2.13. The number of imidazole rings is 1. The summed E-state index contributed by atoms with van der Waals surface area (Å²) in [6.45, 7) is 3.08. The smallest absolute Gasteiger partial charge is 0.260 e. The van der Waals surface area contributed by atoms with E-state index in [0.717, 1.165) is 4.31 Å². The number of rotatable bonds is 4. The Hall–Kier alpha value is -0.920. The molecule has 0 bridgehead atoms. The van der Waals surface area contributed by atoms with E-state index in [9.17, 15) is 8.42 Å². The molecule has 1 rings (SSSR count). The van der Waals surface area contributed by atoms with Gasteiger partial charge in [0.25, 0.3) is 10.0 Å². The Labute approximate surface area is 89.0 Å². The predicted octanol–water partition coefficient (Wildman–Crippen LogP) is -0.281. The second-order valence-electron chi connectivity index (χ2n) is 3.39. The van der Waals surface area contributed by atoms with Crippen molar-refractivity contribution in [2.24, 2.45) is 0 Å². The van der Waals surface area contributed by atoms with E-state index in [-0.39, 0.29) is 11.6 Å². The molecule has 7 heteroatoms. The summed E-state index contributed by atoms with van der Waals surface area (Å²) in [4.78, 5) is 6.48. The second-order valence-corrected chi connectivity index (χ2v) is 5.35. The molecule has 0 fully saturated rings. The van der Waals surface area contributed by atoms with Gasteiger partial charge in [0, 0.05) is 13.1 Å². The molecule has 1 aromatic rings. The van der Waals surface area contributed by atoms with Gasteiger partial charge in [-0.3, -0.25) is 0 Å². The molecule has 0 aliphatic heterocycles. The number of hydrogen-bond donors (Lipinski definition) is 2. The average molecular weight is 233 g/mol. The lowest BCUT2D eigenvalue weighted by molar-refractivity contribution is 0.213. The van der Waals surface area contributed by atoms with Gasteiger partial charge < -0.3 is 10.1 Å². The lowest BCUT2D eigenvalue weighted by Gasteiger charge is -2.21. The number of aliphatic hydroxyl groups excluding tert-OH is 1. The zero-order chi connectivity index (χ0) is 11.6. The van der Waals surface area contributed by atoms with Gasteiger partial charge in [-0.2, -0.15) is 4.31 Å². The molecular formula is C8H15N3O3S. The maximum Gasteiger partial charge on any atom is 0.260 e. The number of nitrogens with zero attached hydrogens (tertiary/aromatic N) is 2. The van der Waals surface area contributed by atoms with Gasteiger partial charge >= 0.3 is 0 Å². The van der Waals surface area contributed by atoms with Crippen LogP contribution in [0, 0.1) is 6.92 Å². The molecule has 1 aromatic heterocycles. The minimum absolute atomic E-state index is 0.0443. The van der Waals surface area contributed by atoms with Crippen molar-refractivity contribution in [3.05, 3.63) is 12.0 Å². The number of aryl methyl sites for hydroxylation is 1. The first-order chi connectivity index (χ1) is 6.89. The van der Waals surface area contributed by atoms with Crippen LogP contribution in [0.2, 0.25) is 0 Å². The summed E-state index contributed by atoms with van der Waals surface area (Å²) in [5, 5.41) is 8.93. The van der Waals surface area contributed by atoms with E-state index in [4.69, 9.17) is 5.11 Å². The van der Waals surface area contributed by atoms with Crippen LogP contribution in [-0.2, 0) is 10.0 Å². The summed E-state index contributed by atoms with van der Waals surface area (Å²) >= 11 is 0. The van der Waals surface area contributed by atoms with Crippen molar-refractivity contribution in [2.45, 2.75) is 24.9 Å². The highest BCUT2D eigenvalue weighted by Gasteiger charge is 2.26. The Balaban J connectivity index is 3.03. The summed E-state index contributed by atoms with van der Waals surface area (Å²) in [7, 11) is -2.15. The van der Waals surface area contributed by atoms with Crippen LogP contribution in [0.15, 0.2) is 11.2 Å². The number of H-pyrrole nitrogens is 1. The minimum Gasteiger partial charge on any atom is -0.395 e. The first kappa shape index (κ1) is 12.2. The van der Waals surface area contributed by atoms with E-state index in [0.29, 0.717) is 5.82 Å². The van der Waals surface area contributed by atoms with Crippen LogP contribution < -0.4 is 0 Å². The van der Waals surface area contributed by atoms with Crippen LogP contribution in [-0.4, -0.2) is 47.5 Å². The molecule has 1 heterocycles. The molecule has 0 amide bonds. The maximum absolute atomic E-state index is 11.9. The normalized spacial score (nSPS) is 14.5. The van der Waals surface area contributed by atoms with Gasteiger partial charge in [-0.15, -0.1) is 0 Å². The van der Waals surface area contributed by atoms with Gasteiger partial charge in [0.2, 0.25) is 0 Å². The van der Waals surface area contributed by atoms with Gasteiger partial charge in [0.15, 0.2) is 5.03 Å².